The third-order valence-corrected chi connectivity index (χ3v) is 0.837. The molecule has 0 spiro atoms. The number of nitrogens with zero attached hydrogens (tertiary/aromatic N) is 1. The van der Waals surface area contributed by atoms with Crippen molar-refractivity contribution in [3.8, 4) is 0 Å². The fourth-order valence-electron chi connectivity index (χ4n) is 0.356. The quantitative estimate of drug-likeness (QED) is 0.473. The van der Waals surface area contributed by atoms with Gasteiger partial charge in [0.15, 0.2) is 11.6 Å². The Hall–Kier alpha value is -1.12. The van der Waals surface area contributed by atoms with Gasteiger partial charge in [0.1, 0.15) is 0 Å². The zero-order chi connectivity index (χ0) is 7.98. The average Bonchev–Trinajstić information content (AvgIpc) is 1.98. The van der Waals surface area contributed by atoms with Gasteiger partial charge in [-0.1, -0.05) is 13.5 Å². The molecule has 56 valence electrons. The van der Waals surface area contributed by atoms with E-state index in [4.69, 9.17) is 5.73 Å². The van der Waals surface area contributed by atoms with Crippen LogP contribution in [0.25, 0.3) is 0 Å². The van der Waals surface area contributed by atoms with Crippen molar-refractivity contribution in [1.82, 2.24) is 0 Å². The number of hydrogen-bond donors (Lipinski definition) is 1. The van der Waals surface area contributed by atoms with Crippen molar-refractivity contribution in [2.24, 2.45) is 10.7 Å². The lowest BCUT2D eigenvalue weighted by Gasteiger charge is -1.90. The first-order valence-electron chi connectivity index (χ1n) is 3.02. The van der Waals surface area contributed by atoms with Crippen LogP contribution in [0.3, 0.4) is 0 Å². The van der Waals surface area contributed by atoms with Gasteiger partial charge in [-0.3, -0.25) is 0 Å². The molecule has 2 nitrogen and oxygen atoms in total. The van der Waals surface area contributed by atoms with Crippen LogP contribution in [-0.4, -0.2) is 6.21 Å². The van der Waals surface area contributed by atoms with Gasteiger partial charge >= 0.3 is 0 Å². The summed E-state index contributed by atoms with van der Waals surface area (Å²) in [5.41, 5.74) is 5.15. The second-order valence-corrected chi connectivity index (χ2v) is 1.66. The maximum atomic E-state index is 12.4. The Kier molecular flexibility index (Phi) is 4.20. The van der Waals surface area contributed by atoms with E-state index in [1.165, 1.54) is 0 Å². The molecule has 10 heavy (non-hydrogen) atoms. The van der Waals surface area contributed by atoms with Crippen LogP contribution < -0.4 is 5.73 Å². The second kappa shape index (κ2) is 4.73. The lowest BCUT2D eigenvalue weighted by Crippen LogP contribution is -1.95. The first kappa shape index (κ1) is 8.88. The molecule has 3 heteroatoms. The van der Waals surface area contributed by atoms with Gasteiger partial charge in [-0.05, 0) is 12.5 Å². The normalized spacial score (nSPS) is 13.4. The zero-order valence-corrected chi connectivity index (χ0v) is 5.97. The smallest absolute Gasteiger partial charge is 0.164 e. The Bertz CT molecular complexity index is 170. The van der Waals surface area contributed by atoms with Gasteiger partial charge in [0.25, 0.3) is 0 Å². The lowest BCUT2D eigenvalue weighted by atomic mass is 10.5. The van der Waals surface area contributed by atoms with Crippen molar-refractivity contribution >= 4 is 6.21 Å². The highest BCUT2D eigenvalue weighted by Crippen LogP contribution is 2.01. The van der Waals surface area contributed by atoms with Crippen molar-refractivity contribution in [3.63, 3.8) is 0 Å². The average molecular weight is 142 g/mol. The molecule has 0 aromatic heterocycles. The summed E-state index contributed by atoms with van der Waals surface area (Å²) in [4.78, 5) is 3.60. The molecule has 0 bridgehead atoms. The Morgan fingerprint density at radius 3 is 2.80 bits per heavy atom. The Balaban J connectivity index is 4.17. The van der Waals surface area contributed by atoms with Crippen LogP contribution in [-0.2, 0) is 0 Å². The molecule has 0 aliphatic rings. The topological polar surface area (TPSA) is 38.4 Å². The summed E-state index contributed by atoms with van der Waals surface area (Å²) in [5.74, 6) is -0.693. The van der Waals surface area contributed by atoms with Gasteiger partial charge in [-0.2, -0.15) is 0 Å². The standard InChI is InChI=1S/C7H11FN2/c1-3-5-10-7(9)6(8)4-2/h4-5H,2-3,9H2,1H3/b7-6-,10-5+. The number of nitrogens with two attached hydrogens (primary N) is 1. The minimum Gasteiger partial charge on any atom is -0.381 e. The third kappa shape index (κ3) is 3.02. The minimum atomic E-state index is -0.579. The molecule has 0 unspecified atom stereocenters. The van der Waals surface area contributed by atoms with E-state index in [2.05, 4.69) is 11.6 Å². The Morgan fingerprint density at radius 1 is 1.80 bits per heavy atom. The Labute approximate surface area is 60.0 Å². The van der Waals surface area contributed by atoms with E-state index in [1.807, 2.05) is 6.92 Å². The molecule has 0 aliphatic carbocycles. The van der Waals surface area contributed by atoms with Crippen molar-refractivity contribution in [3.05, 3.63) is 24.3 Å². The molecule has 0 aliphatic heterocycles. The largest absolute Gasteiger partial charge is 0.381 e. The minimum absolute atomic E-state index is 0.114. The summed E-state index contributed by atoms with van der Waals surface area (Å²) in [7, 11) is 0. The summed E-state index contributed by atoms with van der Waals surface area (Å²) in [6.07, 6.45) is 3.31. The SMILES string of the molecule is C=C/C(F)=C(N)/N=C/CC. The van der Waals surface area contributed by atoms with Crippen LogP contribution >= 0.6 is 0 Å². The second-order valence-electron chi connectivity index (χ2n) is 1.66. The molecular weight excluding hydrogens is 131 g/mol. The predicted molar refractivity (Wildman–Crippen MR) is 41.3 cm³/mol. The predicted octanol–water partition coefficient (Wildman–Crippen LogP) is 1.75. The maximum Gasteiger partial charge on any atom is 0.164 e. The molecule has 0 saturated heterocycles. The highest BCUT2D eigenvalue weighted by atomic mass is 19.1. The first-order valence-corrected chi connectivity index (χ1v) is 3.02. The van der Waals surface area contributed by atoms with Crippen molar-refractivity contribution in [2.75, 3.05) is 0 Å². The lowest BCUT2D eigenvalue weighted by molar-refractivity contribution is 0.651. The summed E-state index contributed by atoms with van der Waals surface area (Å²) in [6, 6.07) is 0. The fourth-order valence-corrected chi connectivity index (χ4v) is 0.356. The summed E-state index contributed by atoms with van der Waals surface area (Å²) in [6.45, 7) is 5.09. The van der Waals surface area contributed by atoms with Crippen molar-refractivity contribution in [1.29, 1.82) is 0 Å². The van der Waals surface area contributed by atoms with Crippen LogP contribution in [0.2, 0.25) is 0 Å². The third-order valence-electron chi connectivity index (χ3n) is 0.837. The molecule has 0 aromatic rings. The van der Waals surface area contributed by atoms with Crippen LogP contribution in [0.1, 0.15) is 13.3 Å². The monoisotopic (exact) mass is 142 g/mol. The summed E-state index contributed by atoms with van der Waals surface area (Å²) >= 11 is 0. The van der Waals surface area contributed by atoms with E-state index < -0.39 is 5.83 Å². The van der Waals surface area contributed by atoms with E-state index in [-0.39, 0.29) is 5.82 Å². The van der Waals surface area contributed by atoms with Crippen molar-refractivity contribution < 1.29 is 4.39 Å². The molecular formula is C7H11FN2. The number of allylic oxidation sites excluding steroid dienone is 2. The highest BCUT2D eigenvalue weighted by Gasteiger charge is 1.91. The zero-order valence-electron chi connectivity index (χ0n) is 5.97. The molecule has 0 radical (unpaired) electrons. The van der Waals surface area contributed by atoms with Crippen LogP contribution in [0, 0.1) is 0 Å². The van der Waals surface area contributed by atoms with E-state index in [9.17, 15) is 4.39 Å². The van der Waals surface area contributed by atoms with Gasteiger partial charge in [-0.15, -0.1) is 0 Å². The molecule has 2 N–H and O–H groups in total. The number of halogens is 1. The summed E-state index contributed by atoms with van der Waals surface area (Å²) < 4.78 is 12.4. The number of aliphatic imine (C=N–C) groups is 1. The van der Waals surface area contributed by atoms with Crippen molar-refractivity contribution in [2.45, 2.75) is 13.3 Å². The molecule has 0 aromatic carbocycles. The first-order chi connectivity index (χ1) is 4.72. The Morgan fingerprint density at radius 2 is 2.40 bits per heavy atom. The van der Waals surface area contributed by atoms with Gasteiger partial charge in [-0.25, -0.2) is 9.38 Å². The van der Waals surface area contributed by atoms with E-state index >= 15 is 0 Å². The highest BCUT2D eigenvalue weighted by molar-refractivity contribution is 5.58. The van der Waals surface area contributed by atoms with Gasteiger partial charge in [0.05, 0.1) is 0 Å². The number of hydrogen-bond acceptors (Lipinski definition) is 2. The van der Waals surface area contributed by atoms with E-state index in [0.29, 0.717) is 0 Å². The van der Waals surface area contributed by atoms with Crippen LogP contribution in [0.15, 0.2) is 29.3 Å². The van der Waals surface area contributed by atoms with Gasteiger partial charge in [0, 0.05) is 6.21 Å². The number of rotatable bonds is 3. The molecule has 0 fully saturated rings. The molecule has 0 rings (SSSR count). The molecule has 0 heterocycles. The molecule has 0 saturated carbocycles. The molecule has 0 atom stereocenters. The maximum absolute atomic E-state index is 12.4. The van der Waals surface area contributed by atoms with Crippen LogP contribution in [0.4, 0.5) is 4.39 Å². The van der Waals surface area contributed by atoms with Crippen LogP contribution in [0.5, 0.6) is 0 Å². The van der Waals surface area contributed by atoms with E-state index in [0.717, 1.165) is 12.5 Å². The van der Waals surface area contributed by atoms with Gasteiger partial charge < -0.3 is 5.73 Å². The fraction of sp³-hybridized carbons (Fsp3) is 0.286. The summed E-state index contributed by atoms with van der Waals surface area (Å²) in [5, 5.41) is 0. The van der Waals surface area contributed by atoms with Gasteiger partial charge in [0.2, 0.25) is 0 Å². The van der Waals surface area contributed by atoms with E-state index in [1.54, 1.807) is 6.21 Å². The molecule has 0 amide bonds.